The zero-order valence-corrected chi connectivity index (χ0v) is 13.3. The number of aliphatic carboxylic acids is 1. The molecule has 6 heteroatoms. The molecule has 1 unspecified atom stereocenters. The fourth-order valence-corrected chi connectivity index (χ4v) is 2.09. The van der Waals surface area contributed by atoms with Gasteiger partial charge in [0, 0.05) is 10.7 Å². The van der Waals surface area contributed by atoms with Crippen molar-refractivity contribution in [2.45, 2.75) is 45.6 Å². The van der Waals surface area contributed by atoms with Crippen molar-refractivity contribution < 1.29 is 19.4 Å². The summed E-state index contributed by atoms with van der Waals surface area (Å²) in [7, 11) is 0. The fraction of sp³-hybridized carbons (Fsp3) is 0.467. The lowest BCUT2D eigenvalue weighted by Gasteiger charge is -2.20. The highest BCUT2D eigenvalue weighted by atomic mass is 35.5. The molecule has 0 aliphatic rings. The summed E-state index contributed by atoms with van der Waals surface area (Å²) in [6, 6.07) is 4.73. The van der Waals surface area contributed by atoms with E-state index in [1.54, 1.807) is 45.9 Å². The van der Waals surface area contributed by atoms with Gasteiger partial charge < -0.3 is 9.84 Å². The zero-order valence-electron chi connectivity index (χ0n) is 12.6. The SMILES string of the molecule is CCC(C(=O)O)c1cc(NC(=O)OC(C)(C)C)ccc1Cl. The van der Waals surface area contributed by atoms with Gasteiger partial charge in [0.05, 0.1) is 5.92 Å². The first-order valence-corrected chi connectivity index (χ1v) is 7.04. The number of hydrogen-bond donors (Lipinski definition) is 2. The summed E-state index contributed by atoms with van der Waals surface area (Å²) >= 11 is 6.05. The Kier molecular flexibility index (Phi) is 5.61. The van der Waals surface area contributed by atoms with Crippen molar-refractivity contribution in [1.29, 1.82) is 0 Å². The number of carboxylic acids is 1. The number of carbonyl (C=O) groups is 2. The maximum Gasteiger partial charge on any atom is 0.412 e. The number of anilines is 1. The lowest BCUT2D eigenvalue weighted by molar-refractivity contribution is -0.138. The van der Waals surface area contributed by atoms with Crippen LogP contribution in [-0.4, -0.2) is 22.8 Å². The Hall–Kier alpha value is -1.75. The van der Waals surface area contributed by atoms with Gasteiger partial charge in [-0.15, -0.1) is 0 Å². The van der Waals surface area contributed by atoms with Crippen LogP contribution < -0.4 is 5.32 Å². The molecular formula is C15H20ClNO4. The molecule has 116 valence electrons. The zero-order chi connectivity index (χ0) is 16.2. The molecule has 0 aromatic heterocycles. The maximum atomic E-state index is 11.7. The number of amides is 1. The molecule has 0 aliphatic heterocycles. The minimum absolute atomic E-state index is 0.360. The molecule has 1 amide bonds. The largest absolute Gasteiger partial charge is 0.481 e. The Morgan fingerprint density at radius 2 is 2.00 bits per heavy atom. The molecule has 0 aliphatic carbocycles. The number of carbonyl (C=O) groups excluding carboxylic acids is 1. The molecular weight excluding hydrogens is 294 g/mol. The smallest absolute Gasteiger partial charge is 0.412 e. The van der Waals surface area contributed by atoms with Crippen molar-refractivity contribution in [3.63, 3.8) is 0 Å². The summed E-state index contributed by atoms with van der Waals surface area (Å²) in [6.07, 6.45) is -0.190. The number of carboxylic acid groups (broad SMARTS) is 1. The maximum absolute atomic E-state index is 11.7. The van der Waals surface area contributed by atoms with Gasteiger partial charge in [0.2, 0.25) is 0 Å². The third-order valence-electron chi connectivity index (χ3n) is 2.72. The number of ether oxygens (including phenoxy) is 1. The van der Waals surface area contributed by atoms with Crippen molar-refractivity contribution in [3.8, 4) is 0 Å². The lowest BCUT2D eigenvalue weighted by atomic mass is 9.96. The summed E-state index contributed by atoms with van der Waals surface area (Å²) in [4.78, 5) is 22.9. The minimum atomic E-state index is -0.950. The molecule has 1 aromatic rings. The van der Waals surface area contributed by atoms with Gasteiger partial charge in [0.25, 0.3) is 0 Å². The van der Waals surface area contributed by atoms with Crippen LogP contribution in [-0.2, 0) is 9.53 Å². The number of halogens is 1. The van der Waals surface area contributed by atoms with E-state index in [2.05, 4.69) is 5.32 Å². The van der Waals surface area contributed by atoms with E-state index in [1.807, 2.05) is 0 Å². The van der Waals surface area contributed by atoms with Crippen LogP contribution in [0.25, 0.3) is 0 Å². The normalized spacial score (nSPS) is 12.6. The van der Waals surface area contributed by atoms with E-state index >= 15 is 0 Å². The van der Waals surface area contributed by atoms with E-state index in [9.17, 15) is 14.7 Å². The van der Waals surface area contributed by atoms with E-state index < -0.39 is 23.6 Å². The summed E-state index contributed by atoms with van der Waals surface area (Å²) in [5, 5.41) is 12.1. The molecule has 5 nitrogen and oxygen atoms in total. The number of benzene rings is 1. The van der Waals surface area contributed by atoms with Crippen LogP contribution in [0.3, 0.4) is 0 Å². The number of nitrogens with one attached hydrogen (secondary N) is 1. The second-order valence-corrected chi connectivity index (χ2v) is 6.07. The van der Waals surface area contributed by atoms with Crippen LogP contribution in [0.15, 0.2) is 18.2 Å². The molecule has 0 bridgehead atoms. The fourth-order valence-electron chi connectivity index (χ4n) is 1.84. The predicted molar refractivity (Wildman–Crippen MR) is 82.0 cm³/mol. The Morgan fingerprint density at radius 3 is 2.48 bits per heavy atom. The first-order valence-electron chi connectivity index (χ1n) is 6.66. The molecule has 0 saturated heterocycles. The molecule has 1 atom stereocenters. The molecule has 1 aromatic carbocycles. The van der Waals surface area contributed by atoms with Crippen LogP contribution in [0.1, 0.15) is 45.6 Å². The molecule has 21 heavy (non-hydrogen) atoms. The Balaban J connectivity index is 2.96. The van der Waals surface area contributed by atoms with Gasteiger partial charge in [-0.1, -0.05) is 18.5 Å². The van der Waals surface area contributed by atoms with E-state index in [0.717, 1.165) is 0 Å². The highest BCUT2D eigenvalue weighted by Gasteiger charge is 2.22. The van der Waals surface area contributed by atoms with Crippen LogP contribution >= 0.6 is 11.6 Å². The van der Waals surface area contributed by atoms with Gasteiger partial charge in [0.1, 0.15) is 5.60 Å². The standard InChI is InChI=1S/C15H20ClNO4/c1-5-10(13(18)19)11-8-9(6-7-12(11)16)17-14(20)21-15(2,3)4/h6-8,10H,5H2,1-4H3,(H,17,20)(H,18,19). The highest BCUT2D eigenvalue weighted by Crippen LogP contribution is 2.30. The third kappa shape index (κ3) is 5.27. The van der Waals surface area contributed by atoms with E-state index in [1.165, 1.54) is 0 Å². The van der Waals surface area contributed by atoms with E-state index in [4.69, 9.17) is 16.3 Å². The van der Waals surface area contributed by atoms with Gasteiger partial charge in [0.15, 0.2) is 0 Å². The monoisotopic (exact) mass is 313 g/mol. The average molecular weight is 314 g/mol. The quantitative estimate of drug-likeness (QED) is 0.870. The molecule has 0 fully saturated rings. The summed E-state index contributed by atoms with van der Waals surface area (Å²) in [5.41, 5.74) is 0.315. The second kappa shape index (κ2) is 6.80. The van der Waals surface area contributed by atoms with Crippen molar-refractivity contribution in [1.82, 2.24) is 0 Å². The van der Waals surface area contributed by atoms with Gasteiger partial charge in [-0.05, 0) is 51.0 Å². The summed E-state index contributed by atoms with van der Waals surface area (Å²) in [5.74, 6) is -1.66. The van der Waals surface area contributed by atoms with E-state index in [0.29, 0.717) is 22.7 Å². The Morgan fingerprint density at radius 1 is 1.38 bits per heavy atom. The molecule has 0 radical (unpaired) electrons. The molecule has 1 rings (SSSR count). The first-order chi connectivity index (χ1) is 9.64. The molecule has 0 spiro atoms. The highest BCUT2D eigenvalue weighted by molar-refractivity contribution is 6.31. The topological polar surface area (TPSA) is 75.6 Å². The van der Waals surface area contributed by atoms with Gasteiger partial charge >= 0.3 is 12.1 Å². The van der Waals surface area contributed by atoms with Crippen LogP contribution in [0.5, 0.6) is 0 Å². The van der Waals surface area contributed by atoms with Crippen LogP contribution in [0.2, 0.25) is 5.02 Å². The summed E-state index contributed by atoms with van der Waals surface area (Å²) < 4.78 is 5.15. The Bertz CT molecular complexity index is 537. The molecule has 0 saturated carbocycles. The van der Waals surface area contributed by atoms with Gasteiger partial charge in [-0.2, -0.15) is 0 Å². The second-order valence-electron chi connectivity index (χ2n) is 5.66. The minimum Gasteiger partial charge on any atom is -0.481 e. The molecule has 0 heterocycles. The van der Waals surface area contributed by atoms with Crippen molar-refractivity contribution in [2.75, 3.05) is 5.32 Å². The third-order valence-corrected chi connectivity index (χ3v) is 3.07. The number of hydrogen-bond acceptors (Lipinski definition) is 3. The lowest BCUT2D eigenvalue weighted by Crippen LogP contribution is -2.27. The van der Waals surface area contributed by atoms with Crippen LogP contribution in [0, 0.1) is 0 Å². The predicted octanol–water partition coefficient (Wildman–Crippen LogP) is 4.27. The van der Waals surface area contributed by atoms with E-state index in [-0.39, 0.29) is 0 Å². The van der Waals surface area contributed by atoms with Gasteiger partial charge in [-0.3, -0.25) is 10.1 Å². The van der Waals surface area contributed by atoms with Crippen molar-refractivity contribution >= 4 is 29.4 Å². The van der Waals surface area contributed by atoms with Crippen molar-refractivity contribution in [3.05, 3.63) is 28.8 Å². The van der Waals surface area contributed by atoms with Crippen molar-refractivity contribution in [2.24, 2.45) is 0 Å². The average Bonchev–Trinajstić information content (AvgIpc) is 2.31. The number of rotatable bonds is 4. The van der Waals surface area contributed by atoms with Gasteiger partial charge in [-0.25, -0.2) is 4.79 Å². The van der Waals surface area contributed by atoms with Crippen LogP contribution in [0.4, 0.5) is 10.5 Å². The first kappa shape index (κ1) is 17.3. The summed E-state index contributed by atoms with van der Waals surface area (Å²) in [6.45, 7) is 7.05. The molecule has 2 N–H and O–H groups in total. The Labute approximate surface area is 129 Å².